The minimum absolute atomic E-state index is 0.424. The Kier molecular flexibility index (Phi) is 6.03. The van der Waals surface area contributed by atoms with Crippen LogP contribution in [0.2, 0.25) is 5.02 Å². The Morgan fingerprint density at radius 1 is 1.14 bits per heavy atom. The number of nitrogens with one attached hydrogen (secondary N) is 1. The zero-order chi connectivity index (χ0) is 15.1. The zero-order valence-electron chi connectivity index (χ0n) is 12.5. The smallest absolute Gasteiger partial charge is 0.218 e. The lowest BCUT2D eigenvalue weighted by Gasteiger charge is -2.12. The number of halogens is 1. The Hall–Kier alpha value is -1.58. The first-order valence-corrected chi connectivity index (χ1v) is 7.55. The summed E-state index contributed by atoms with van der Waals surface area (Å²) in [6.45, 7) is 6.52. The quantitative estimate of drug-likeness (QED) is 0.837. The molecule has 0 unspecified atom stereocenters. The summed E-state index contributed by atoms with van der Waals surface area (Å²) in [6.07, 6.45) is 1.74. The summed E-state index contributed by atoms with van der Waals surface area (Å²) >= 11 is 6.14. The number of hydrogen-bond donors (Lipinski definition) is 1. The van der Waals surface area contributed by atoms with Crippen LogP contribution < -0.4 is 10.1 Å². The van der Waals surface area contributed by atoms with Crippen molar-refractivity contribution in [3.63, 3.8) is 0 Å². The minimum Gasteiger partial charge on any atom is -0.473 e. The van der Waals surface area contributed by atoms with E-state index in [4.69, 9.17) is 16.3 Å². The SMILES string of the molecule is CC(C)CNCc1cccnc1OCc1ccccc1Cl. The van der Waals surface area contributed by atoms with Gasteiger partial charge in [0.2, 0.25) is 5.88 Å². The highest BCUT2D eigenvalue weighted by atomic mass is 35.5. The highest BCUT2D eigenvalue weighted by Gasteiger charge is 2.06. The van der Waals surface area contributed by atoms with Crippen molar-refractivity contribution in [1.29, 1.82) is 0 Å². The number of pyridine rings is 1. The molecule has 0 saturated heterocycles. The summed E-state index contributed by atoms with van der Waals surface area (Å²) in [5, 5.41) is 4.12. The third kappa shape index (κ3) is 5.03. The van der Waals surface area contributed by atoms with Gasteiger partial charge < -0.3 is 10.1 Å². The number of ether oxygens (including phenoxy) is 1. The Morgan fingerprint density at radius 2 is 1.90 bits per heavy atom. The molecule has 0 amide bonds. The van der Waals surface area contributed by atoms with E-state index in [-0.39, 0.29) is 0 Å². The largest absolute Gasteiger partial charge is 0.473 e. The van der Waals surface area contributed by atoms with Crippen molar-refractivity contribution >= 4 is 11.6 Å². The van der Waals surface area contributed by atoms with Crippen LogP contribution in [-0.2, 0) is 13.2 Å². The second kappa shape index (κ2) is 8.01. The van der Waals surface area contributed by atoms with Crippen molar-refractivity contribution in [1.82, 2.24) is 10.3 Å². The summed E-state index contributed by atoms with van der Waals surface area (Å²) in [7, 11) is 0. The van der Waals surface area contributed by atoms with Crippen LogP contribution in [0.5, 0.6) is 5.88 Å². The standard InChI is InChI=1S/C17H21ClN2O/c1-13(2)10-19-11-14-7-5-9-20-17(14)21-12-15-6-3-4-8-16(15)18/h3-9,13,19H,10-12H2,1-2H3. The summed E-state index contributed by atoms with van der Waals surface area (Å²) in [6, 6.07) is 11.6. The Labute approximate surface area is 131 Å². The third-order valence-corrected chi connectivity index (χ3v) is 3.41. The molecule has 4 heteroatoms. The van der Waals surface area contributed by atoms with Crippen LogP contribution in [0.3, 0.4) is 0 Å². The number of rotatable bonds is 7. The predicted octanol–water partition coefficient (Wildman–Crippen LogP) is 4.06. The van der Waals surface area contributed by atoms with Gasteiger partial charge in [0.05, 0.1) is 0 Å². The molecular formula is C17H21ClN2O. The molecule has 1 N–H and O–H groups in total. The molecule has 112 valence electrons. The fourth-order valence-corrected chi connectivity index (χ4v) is 2.14. The van der Waals surface area contributed by atoms with Crippen molar-refractivity contribution < 1.29 is 4.74 Å². The monoisotopic (exact) mass is 304 g/mol. The van der Waals surface area contributed by atoms with Gasteiger partial charge in [0, 0.05) is 28.9 Å². The van der Waals surface area contributed by atoms with E-state index in [2.05, 4.69) is 24.1 Å². The predicted molar refractivity (Wildman–Crippen MR) is 86.6 cm³/mol. The van der Waals surface area contributed by atoms with E-state index in [0.717, 1.165) is 24.2 Å². The van der Waals surface area contributed by atoms with E-state index < -0.39 is 0 Å². The number of benzene rings is 1. The number of hydrogen-bond acceptors (Lipinski definition) is 3. The molecule has 2 aromatic rings. The lowest BCUT2D eigenvalue weighted by Crippen LogP contribution is -2.19. The Balaban J connectivity index is 1.98. The molecule has 0 radical (unpaired) electrons. The van der Waals surface area contributed by atoms with Crippen LogP contribution in [0.25, 0.3) is 0 Å². The maximum Gasteiger partial charge on any atom is 0.218 e. The van der Waals surface area contributed by atoms with Gasteiger partial charge >= 0.3 is 0 Å². The van der Waals surface area contributed by atoms with E-state index in [1.54, 1.807) is 6.20 Å². The minimum atomic E-state index is 0.424. The second-order valence-corrected chi connectivity index (χ2v) is 5.78. The molecule has 0 aliphatic carbocycles. The molecule has 3 nitrogen and oxygen atoms in total. The number of nitrogens with zero attached hydrogens (tertiary/aromatic N) is 1. The molecule has 0 saturated carbocycles. The molecule has 0 fully saturated rings. The summed E-state index contributed by atoms with van der Waals surface area (Å²) < 4.78 is 5.83. The third-order valence-electron chi connectivity index (χ3n) is 3.04. The Bertz CT molecular complexity index is 572. The van der Waals surface area contributed by atoms with E-state index in [1.807, 2.05) is 36.4 Å². The maximum absolute atomic E-state index is 6.14. The topological polar surface area (TPSA) is 34.2 Å². The highest BCUT2D eigenvalue weighted by Crippen LogP contribution is 2.19. The highest BCUT2D eigenvalue weighted by molar-refractivity contribution is 6.31. The molecule has 0 aliphatic rings. The van der Waals surface area contributed by atoms with Crippen molar-refractivity contribution in [3.05, 3.63) is 58.7 Å². The number of aromatic nitrogens is 1. The lowest BCUT2D eigenvalue weighted by molar-refractivity contribution is 0.289. The van der Waals surface area contributed by atoms with Gasteiger partial charge in [-0.05, 0) is 24.6 Å². The molecule has 1 aromatic carbocycles. The molecule has 1 heterocycles. The van der Waals surface area contributed by atoms with Gasteiger partial charge in [-0.25, -0.2) is 4.98 Å². The van der Waals surface area contributed by atoms with Crippen LogP contribution in [0.1, 0.15) is 25.0 Å². The molecular weight excluding hydrogens is 284 g/mol. The first-order valence-electron chi connectivity index (χ1n) is 7.17. The van der Waals surface area contributed by atoms with Crippen molar-refractivity contribution in [2.24, 2.45) is 5.92 Å². The second-order valence-electron chi connectivity index (χ2n) is 5.37. The molecule has 0 aliphatic heterocycles. The van der Waals surface area contributed by atoms with E-state index in [1.165, 1.54) is 0 Å². The summed E-state index contributed by atoms with van der Waals surface area (Å²) in [5.41, 5.74) is 2.02. The summed E-state index contributed by atoms with van der Waals surface area (Å²) in [5.74, 6) is 1.28. The van der Waals surface area contributed by atoms with E-state index in [0.29, 0.717) is 23.4 Å². The van der Waals surface area contributed by atoms with Crippen molar-refractivity contribution in [3.8, 4) is 5.88 Å². The van der Waals surface area contributed by atoms with Crippen molar-refractivity contribution in [2.75, 3.05) is 6.54 Å². The first kappa shape index (κ1) is 15.8. The summed E-state index contributed by atoms with van der Waals surface area (Å²) in [4.78, 5) is 4.32. The van der Waals surface area contributed by atoms with Crippen LogP contribution >= 0.6 is 11.6 Å². The van der Waals surface area contributed by atoms with Gasteiger partial charge in [-0.2, -0.15) is 0 Å². The van der Waals surface area contributed by atoms with Gasteiger partial charge in [-0.1, -0.05) is 49.7 Å². The fraction of sp³-hybridized carbons (Fsp3) is 0.353. The fourth-order valence-electron chi connectivity index (χ4n) is 1.95. The normalized spacial score (nSPS) is 10.9. The van der Waals surface area contributed by atoms with Crippen LogP contribution in [0, 0.1) is 5.92 Å². The van der Waals surface area contributed by atoms with Gasteiger partial charge in [0.15, 0.2) is 0 Å². The first-order chi connectivity index (χ1) is 10.2. The Morgan fingerprint density at radius 3 is 2.67 bits per heavy atom. The van der Waals surface area contributed by atoms with E-state index in [9.17, 15) is 0 Å². The zero-order valence-corrected chi connectivity index (χ0v) is 13.2. The molecule has 2 rings (SSSR count). The van der Waals surface area contributed by atoms with Gasteiger partial charge in [0.1, 0.15) is 6.61 Å². The lowest BCUT2D eigenvalue weighted by atomic mass is 10.2. The molecule has 21 heavy (non-hydrogen) atoms. The van der Waals surface area contributed by atoms with Crippen LogP contribution in [0.4, 0.5) is 0 Å². The average Bonchev–Trinajstić information content (AvgIpc) is 2.47. The average molecular weight is 305 g/mol. The van der Waals surface area contributed by atoms with Gasteiger partial charge in [-0.15, -0.1) is 0 Å². The van der Waals surface area contributed by atoms with Gasteiger partial charge in [0.25, 0.3) is 0 Å². The maximum atomic E-state index is 6.14. The molecule has 1 aromatic heterocycles. The van der Waals surface area contributed by atoms with E-state index >= 15 is 0 Å². The molecule has 0 atom stereocenters. The van der Waals surface area contributed by atoms with Gasteiger partial charge in [-0.3, -0.25) is 0 Å². The van der Waals surface area contributed by atoms with Crippen LogP contribution in [-0.4, -0.2) is 11.5 Å². The molecule has 0 bridgehead atoms. The van der Waals surface area contributed by atoms with Crippen LogP contribution in [0.15, 0.2) is 42.6 Å². The van der Waals surface area contributed by atoms with Crippen molar-refractivity contribution in [2.45, 2.75) is 27.0 Å². The molecule has 0 spiro atoms.